The highest BCUT2D eigenvalue weighted by molar-refractivity contribution is 5.89. The average molecular weight is 482 g/mol. The predicted molar refractivity (Wildman–Crippen MR) is 113 cm³/mol. The number of rotatable bonds is 10. The maximum absolute atomic E-state index is 13.0. The molecule has 3 N–H and O–H groups in total. The zero-order chi connectivity index (χ0) is 24.8. The van der Waals surface area contributed by atoms with E-state index in [-0.39, 0.29) is 12.5 Å². The molecule has 0 heterocycles. The van der Waals surface area contributed by atoms with Gasteiger partial charge in [0.1, 0.15) is 18.7 Å². The van der Waals surface area contributed by atoms with E-state index in [0.717, 1.165) is 22.3 Å². The Morgan fingerprint density at radius 2 is 1.32 bits per heavy atom. The minimum absolute atomic E-state index is 0.147. The van der Waals surface area contributed by atoms with Gasteiger partial charge in [-0.05, 0) is 22.3 Å². The van der Waals surface area contributed by atoms with Crippen molar-refractivity contribution in [3.8, 4) is 11.1 Å². The predicted octanol–water partition coefficient (Wildman–Crippen LogP) is 3.77. The third-order valence-electron chi connectivity index (χ3n) is 5.39. The number of carboxylic acids is 1. The monoisotopic (exact) mass is 482 g/mol. The second kappa shape index (κ2) is 11.0. The Bertz CT molecular complexity index is 1000. The Balaban J connectivity index is 1.66. The molecule has 0 saturated carbocycles. The summed E-state index contributed by atoms with van der Waals surface area (Å²) in [6.45, 7) is -0.147. The van der Waals surface area contributed by atoms with E-state index >= 15 is 0 Å². The molecule has 0 saturated heterocycles. The molecule has 11 heteroatoms. The van der Waals surface area contributed by atoms with Crippen molar-refractivity contribution in [2.45, 2.75) is 43.7 Å². The first-order valence-corrected chi connectivity index (χ1v) is 10.4. The summed E-state index contributed by atoms with van der Waals surface area (Å²) in [4.78, 5) is 35.7. The molecule has 0 spiro atoms. The molecule has 3 rings (SSSR count). The van der Waals surface area contributed by atoms with E-state index in [1.165, 1.54) is 0 Å². The summed E-state index contributed by atoms with van der Waals surface area (Å²) in [7, 11) is 0. The van der Waals surface area contributed by atoms with Crippen molar-refractivity contribution in [3.05, 3.63) is 59.7 Å². The minimum Gasteiger partial charge on any atom is -0.480 e. The summed E-state index contributed by atoms with van der Waals surface area (Å²) in [6, 6.07) is 11.1. The highest BCUT2D eigenvalue weighted by Gasteiger charge is 2.32. The van der Waals surface area contributed by atoms with Gasteiger partial charge in [0.25, 0.3) is 0 Å². The Labute approximate surface area is 192 Å². The van der Waals surface area contributed by atoms with Gasteiger partial charge in [0.05, 0.1) is 0 Å². The second-order valence-electron chi connectivity index (χ2n) is 7.68. The molecule has 0 radical (unpaired) electrons. The Morgan fingerprint density at radius 3 is 1.82 bits per heavy atom. The topological polar surface area (TPSA) is 105 Å². The molecule has 34 heavy (non-hydrogen) atoms. The number of fused-ring (bicyclic) bond motifs is 3. The SMILES string of the molecule is O=C(NC(CC(F)F)C(=O)NC(CC(F)F)C(=O)O)OCC1c2ccccc2-c2ccccc21. The quantitative estimate of drug-likeness (QED) is 0.447. The van der Waals surface area contributed by atoms with Gasteiger partial charge in [-0.3, -0.25) is 4.79 Å². The van der Waals surface area contributed by atoms with Gasteiger partial charge in [-0.2, -0.15) is 0 Å². The van der Waals surface area contributed by atoms with E-state index in [9.17, 15) is 31.9 Å². The van der Waals surface area contributed by atoms with Crippen LogP contribution >= 0.6 is 0 Å². The van der Waals surface area contributed by atoms with Crippen molar-refractivity contribution >= 4 is 18.0 Å². The number of hydrogen-bond acceptors (Lipinski definition) is 4. The summed E-state index contributed by atoms with van der Waals surface area (Å²) in [5, 5.41) is 12.7. The molecular weight excluding hydrogens is 460 g/mol. The van der Waals surface area contributed by atoms with Crippen LogP contribution in [0.25, 0.3) is 11.1 Å². The maximum atomic E-state index is 13.0. The summed E-state index contributed by atoms with van der Waals surface area (Å²) in [6.07, 6.45) is -9.64. The van der Waals surface area contributed by atoms with E-state index in [1.807, 2.05) is 53.8 Å². The zero-order valence-corrected chi connectivity index (χ0v) is 17.7. The van der Waals surface area contributed by atoms with Crippen molar-refractivity contribution in [1.82, 2.24) is 10.6 Å². The van der Waals surface area contributed by atoms with Crippen LogP contribution in [0.4, 0.5) is 22.4 Å². The lowest BCUT2D eigenvalue weighted by Crippen LogP contribution is -2.52. The fraction of sp³-hybridized carbons (Fsp3) is 0.348. The van der Waals surface area contributed by atoms with Crippen molar-refractivity contribution in [1.29, 1.82) is 0 Å². The van der Waals surface area contributed by atoms with Gasteiger partial charge in [0, 0.05) is 18.8 Å². The molecule has 1 aliphatic rings. The van der Waals surface area contributed by atoms with Crippen LogP contribution < -0.4 is 10.6 Å². The molecule has 1 aliphatic carbocycles. The molecule has 2 amide bonds. The number of carboxylic acid groups (broad SMARTS) is 1. The molecule has 2 atom stereocenters. The summed E-state index contributed by atoms with van der Waals surface area (Å²) < 4.78 is 56.2. The molecule has 2 unspecified atom stereocenters. The molecule has 0 fully saturated rings. The fourth-order valence-electron chi connectivity index (χ4n) is 3.86. The normalized spacial score (nSPS) is 14.3. The van der Waals surface area contributed by atoms with Crippen molar-refractivity contribution < 1.29 is 41.8 Å². The number of aliphatic carboxylic acids is 1. The lowest BCUT2D eigenvalue weighted by Gasteiger charge is -2.21. The smallest absolute Gasteiger partial charge is 0.407 e. The highest BCUT2D eigenvalue weighted by atomic mass is 19.3. The van der Waals surface area contributed by atoms with Gasteiger partial charge in [-0.1, -0.05) is 48.5 Å². The highest BCUT2D eigenvalue weighted by Crippen LogP contribution is 2.44. The van der Waals surface area contributed by atoms with Crippen LogP contribution in [0.1, 0.15) is 29.9 Å². The molecular formula is C23H22F4N2O5. The van der Waals surface area contributed by atoms with Crippen LogP contribution in [0.3, 0.4) is 0 Å². The van der Waals surface area contributed by atoms with Crippen LogP contribution in [0, 0.1) is 0 Å². The van der Waals surface area contributed by atoms with Gasteiger partial charge >= 0.3 is 12.1 Å². The van der Waals surface area contributed by atoms with Crippen LogP contribution in [-0.2, 0) is 14.3 Å². The van der Waals surface area contributed by atoms with Crippen LogP contribution in [0.15, 0.2) is 48.5 Å². The lowest BCUT2D eigenvalue weighted by molar-refractivity contribution is -0.143. The van der Waals surface area contributed by atoms with E-state index in [1.54, 1.807) is 5.32 Å². The largest absolute Gasteiger partial charge is 0.480 e. The summed E-state index contributed by atoms with van der Waals surface area (Å²) in [5.74, 6) is -3.41. The second-order valence-corrected chi connectivity index (χ2v) is 7.68. The van der Waals surface area contributed by atoms with Crippen LogP contribution in [-0.4, -0.2) is 54.6 Å². The number of benzene rings is 2. The molecule has 182 valence electrons. The molecule has 0 bridgehead atoms. The first kappa shape index (κ1) is 25.0. The Kier molecular flexibility index (Phi) is 8.08. The number of alkyl halides is 4. The number of alkyl carbamates (subject to hydrolysis) is 1. The lowest BCUT2D eigenvalue weighted by atomic mass is 9.98. The molecule has 7 nitrogen and oxygen atoms in total. The van der Waals surface area contributed by atoms with Crippen LogP contribution in [0.2, 0.25) is 0 Å². The van der Waals surface area contributed by atoms with E-state index < -0.39 is 55.7 Å². The van der Waals surface area contributed by atoms with Gasteiger partial charge in [0.15, 0.2) is 0 Å². The van der Waals surface area contributed by atoms with Gasteiger partial charge in [-0.25, -0.2) is 27.2 Å². The molecule has 0 aliphatic heterocycles. The number of ether oxygens (including phenoxy) is 1. The van der Waals surface area contributed by atoms with E-state index in [2.05, 4.69) is 0 Å². The number of carbonyl (C=O) groups is 3. The third-order valence-corrected chi connectivity index (χ3v) is 5.39. The first-order valence-electron chi connectivity index (χ1n) is 10.4. The van der Waals surface area contributed by atoms with E-state index in [4.69, 9.17) is 9.84 Å². The maximum Gasteiger partial charge on any atom is 0.407 e. The third kappa shape index (κ3) is 6.03. The minimum atomic E-state index is -3.05. The average Bonchev–Trinajstić information content (AvgIpc) is 3.10. The molecule has 0 aromatic heterocycles. The first-order chi connectivity index (χ1) is 16.2. The van der Waals surface area contributed by atoms with Crippen molar-refractivity contribution in [2.75, 3.05) is 6.61 Å². The Hall–Kier alpha value is -3.63. The fourth-order valence-corrected chi connectivity index (χ4v) is 3.86. The van der Waals surface area contributed by atoms with Crippen LogP contribution in [0.5, 0.6) is 0 Å². The van der Waals surface area contributed by atoms with Crippen molar-refractivity contribution in [2.24, 2.45) is 0 Å². The number of nitrogens with one attached hydrogen (secondary N) is 2. The number of hydrogen-bond donors (Lipinski definition) is 3. The van der Waals surface area contributed by atoms with Crippen molar-refractivity contribution in [3.63, 3.8) is 0 Å². The number of carbonyl (C=O) groups excluding carboxylic acids is 2. The Morgan fingerprint density at radius 1 is 0.824 bits per heavy atom. The number of amides is 2. The summed E-state index contributed by atoms with van der Waals surface area (Å²) in [5.41, 5.74) is 3.77. The molecule has 2 aromatic rings. The standard InChI is InChI=1S/C23H22F4N2O5/c24-19(25)9-17(21(30)28-18(22(31)32)10-20(26)27)29-23(33)34-11-16-14-7-3-1-5-12(14)13-6-2-4-8-15(13)16/h1-8,16-20H,9-11H2,(H,28,30)(H,29,33)(H,31,32). The van der Waals surface area contributed by atoms with E-state index in [0.29, 0.717) is 0 Å². The zero-order valence-electron chi connectivity index (χ0n) is 17.7. The van der Waals surface area contributed by atoms with Gasteiger partial charge < -0.3 is 20.5 Å². The van der Waals surface area contributed by atoms with Gasteiger partial charge in [-0.15, -0.1) is 0 Å². The number of halogens is 4. The molecule has 2 aromatic carbocycles. The summed E-state index contributed by atoms with van der Waals surface area (Å²) >= 11 is 0. The van der Waals surface area contributed by atoms with Gasteiger partial charge in [0.2, 0.25) is 18.8 Å².